The zero-order valence-corrected chi connectivity index (χ0v) is 12.6. The van der Waals surface area contributed by atoms with Crippen molar-refractivity contribution in [3.05, 3.63) is 40.4 Å². The standard InChI is InChI=1S/C16H21N3O2/c1-3-4-9-15(20)17-11-10-14-18-13-8-6-5-7-12(13)16(21)19(14)2/h5-8H,3-4,9-11H2,1-2H3,(H,17,20). The number of rotatable bonds is 6. The first kappa shape index (κ1) is 15.2. The number of amides is 1. The van der Waals surface area contributed by atoms with Gasteiger partial charge in [0.25, 0.3) is 5.56 Å². The van der Waals surface area contributed by atoms with Crippen LogP contribution in [0.2, 0.25) is 0 Å². The molecule has 112 valence electrons. The Morgan fingerprint density at radius 3 is 2.86 bits per heavy atom. The quantitative estimate of drug-likeness (QED) is 0.881. The van der Waals surface area contributed by atoms with E-state index >= 15 is 0 Å². The van der Waals surface area contributed by atoms with Crippen LogP contribution in [0.3, 0.4) is 0 Å². The predicted molar refractivity (Wildman–Crippen MR) is 83.2 cm³/mol. The van der Waals surface area contributed by atoms with Gasteiger partial charge in [0, 0.05) is 26.4 Å². The largest absolute Gasteiger partial charge is 0.356 e. The monoisotopic (exact) mass is 287 g/mol. The average molecular weight is 287 g/mol. The smallest absolute Gasteiger partial charge is 0.261 e. The van der Waals surface area contributed by atoms with Gasteiger partial charge in [0.15, 0.2) is 0 Å². The highest BCUT2D eigenvalue weighted by atomic mass is 16.1. The van der Waals surface area contributed by atoms with Gasteiger partial charge in [-0.2, -0.15) is 0 Å². The van der Waals surface area contributed by atoms with Crippen molar-refractivity contribution in [2.45, 2.75) is 32.6 Å². The molecule has 5 nitrogen and oxygen atoms in total. The lowest BCUT2D eigenvalue weighted by Crippen LogP contribution is -2.29. The van der Waals surface area contributed by atoms with Crippen molar-refractivity contribution in [1.82, 2.24) is 14.9 Å². The molecule has 5 heteroatoms. The van der Waals surface area contributed by atoms with Crippen LogP contribution in [0, 0.1) is 0 Å². The third-order valence-corrected chi connectivity index (χ3v) is 3.50. The van der Waals surface area contributed by atoms with Gasteiger partial charge in [-0.25, -0.2) is 4.98 Å². The van der Waals surface area contributed by atoms with Crippen LogP contribution in [-0.2, 0) is 18.3 Å². The Morgan fingerprint density at radius 2 is 2.10 bits per heavy atom. The van der Waals surface area contributed by atoms with Crippen LogP contribution in [0.1, 0.15) is 32.0 Å². The number of hydrogen-bond acceptors (Lipinski definition) is 3. The number of para-hydroxylation sites is 1. The van der Waals surface area contributed by atoms with E-state index < -0.39 is 0 Å². The van der Waals surface area contributed by atoms with E-state index in [0.29, 0.717) is 36.1 Å². The minimum atomic E-state index is -0.0482. The summed E-state index contributed by atoms with van der Waals surface area (Å²) in [5.74, 6) is 0.747. The predicted octanol–water partition coefficient (Wildman–Crippen LogP) is 1.78. The van der Waals surface area contributed by atoms with Crippen LogP contribution in [-0.4, -0.2) is 22.0 Å². The Kier molecular flexibility index (Phi) is 5.09. The highest BCUT2D eigenvalue weighted by Crippen LogP contribution is 2.07. The average Bonchev–Trinajstić information content (AvgIpc) is 2.50. The van der Waals surface area contributed by atoms with E-state index in [4.69, 9.17) is 0 Å². The lowest BCUT2D eigenvalue weighted by Gasteiger charge is -2.10. The first-order valence-corrected chi connectivity index (χ1v) is 7.35. The topological polar surface area (TPSA) is 64.0 Å². The summed E-state index contributed by atoms with van der Waals surface area (Å²) in [6.07, 6.45) is 3.02. The lowest BCUT2D eigenvalue weighted by atomic mass is 10.2. The van der Waals surface area contributed by atoms with Crippen LogP contribution in [0.15, 0.2) is 29.1 Å². The molecular formula is C16H21N3O2. The van der Waals surface area contributed by atoms with Gasteiger partial charge in [0.1, 0.15) is 5.82 Å². The minimum Gasteiger partial charge on any atom is -0.356 e. The zero-order chi connectivity index (χ0) is 15.2. The highest BCUT2D eigenvalue weighted by molar-refractivity contribution is 5.77. The molecule has 0 atom stereocenters. The van der Waals surface area contributed by atoms with Crippen molar-refractivity contribution in [2.75, 3.05) is 6.54 Å². The summed E-state index contributed by atoms with van der Waals surface area (Å²) in [5, 5.41) is 3.49. The second kappa shape index (κ2) is 7.02. The number of nitrogens with one attached hydrogen (secondary N) is 1. The SMILES string of the molecule is CCCCC(=O)NCCc1nc2ccccc2c(=O)n1C. The van der Waals surface area contributed by atoms with Gasteiger partial charge in [-0.05, 0) is 18.6 Å². The number of fused-ring (bicyclic) bond motifs is 1. The van der Waals surface area contributed by atoms with E-state index in [1.807, 2.05) is 18.2 Å². The van der Waals surface area contributed by atoms with Gasteiger partial charge in [0.05, 0.1) is 10.9 Å². The molecule has 0 spiro atoms. The number of carbonyl (C=O) groups excluding carboxylic acids is 1. The van der Waals surface area contributed by atoms with Gasteiger partial charge in [0.2, 0.25) is 5.91 Å². The number of hydrogen-bond donors (Lipinski definition) is 1. The number of aromatic nitrogens is 2. The maximum Gasteiger partial charge on any atom is 0.261 e. The van der Waals surface area contributed by atoms with Crippen molar-refractivity contribution in [2.24, 2.45) is 7.05 Å². The normalized spacial score (nSPS) is 10.8. The van der Waals surface area contributed by atoms with Crippen molar-refractivity contribution in [3.8, 4) is 0 Å². The van der Waals surface area contributed by atoms with Crippen molar-refractivity contribution < 1.29 is 4.79 Å². The summed E-state index contributed by atoms with van der Waals surface area (Å²) in [4.78, 5) is 28.3. The van der Waals surface area contributed by atoms with Gasteiger partial charge in [-0.15, -0.1) is 0 Å². The Labute approximate surface area is 124 Å². The van der Waals surface area contributed by atoms with Crippen LogP contribution in [0.4, 0.5) is 0 Å². The fourth-order valence-electron chi connectivity index (χ4n) is 2.23. The first-order valence-electron chi connectivity index (χ1n) is 7.35. The highest BCUT2D eigenvalue weighted by Gasteiger charge is 2.08. The maximum absolute atomic E-state index is 12.2. The Morgan fingerprint density at radius 1 is 1.33 bits per heavy atom. The molecule has 0 aliphatic rings. The molecule has 1 heterocycles. The molecule has 0 bridgehead atoms. The third-order valence-electron chi connectivity index (χ3n) is 3.50. The van der Waals surface area contributed by atoms with E-state index in [0.717, 1.165) is 12.8 Å². The van der Waals surface area contributed by atoms with Crippen LogP contribution >= 0.6 is 0 Å². The van der Waals surface area contributed by atoms with E-state index in [1.54, 1.807) is 17.7 Å². The fraction of sp³-hybridized carbons (Fsp3) is 0.438. The number of benzene rings is 1. The summed E-state index contributed by atoms with van der Waals surface area (Å²) in [7, 11) is 1.72. The molecule has 1 aromatic heterocycles. The molecule has 0 saturated heterocycles. The fourth-order valence-corrected chi connectivity index (χ4v) is 2.23. The van der Waals surface area contributed by atoms with Crippen molar-refractivity contribution in [3.63, 3.8) is 0 Å². The van der Waals surface area contributed by atoms with Gasteiger partial charge in [-0.3, -0.25) is 14.2 Å². The van der Waals surface area contributed by atoms with E-state index in [1.165, 1.54) is 0 Å². The Hall–Kier alpha value is -2.17. The van der Waals surface area contributed by atoms with Crippen molar-refractivity contribution >= 4 is 16.8 Å². The number of nitrogens with zero attached hydrogens (tertiary/aromatic N) is 2. The van der Waals surface area contributed by atoms with E-state index in [9.17, 15) is 9.59 Å². The first-order chi connectivity index (χ1) is 10.1. The van der Waals surface area contributed by atoms with E-state index in [2.05, 4.69) is 17.2 Å². The molecule has 0 saturated carbocycles. The molecule has 0 aliphatic heterocycles. The van der Waals surface area contributed by atoms with Gasteiger partial charge >= 0.3 is 0 Å². The molecule has 0 aliphatic carbocycles. The van der Waals surface area contributed by atoms with Crippen LogP contribution in [0.5, 0.6) is 0 Å². The van der Waals surface area contributed by atoms with Crippen molar-refractivity contribution in [1.29, 1.82) is 0 Å². The molecule has 2 rings (SSSR count). The molecule has 0 fully saturated rings. The summed E-state index contributed by atoms with van der Waals surface area (Å²) < 4.78 is 1.56. The van der Waals surface area contributed by atoms with Gasteiger partial charge < -0.3 is 5.32 Å². The Balaban J connectivity index is 2.07. The summed E-state index contributed by atoms with van der Waals surface area (Å²) in [6.45, 7) is 2.56. The third kappa shape index (κ3) is 3.68. The Bertz CT molecular complexity index is 691. The molecular weight excluding hydrogens is 266 g/mol. The molecule has 1 aromatic carbocycles. The summed E-state index contributed by atoms with van der Waals surface area (Å²) in [6, 6.07) is 7.31. The molecule has 0 unspecified atom stereocenters. The van der Waals surface area contributed by atoms with Crippen LogP contribution in [0.25, 0.3) is 10.9 Å². The summed E-state index contributed by atoms with van der Waals surface area (Å²) in [5.41, 5.74) is 0.654. The number of carbonyl (C=O) groups is 1. The van der Waals surface area contributed by atoms with Crippen LogP contribution < -0.4 is 10.9 Å². The number of unbranched alkanes of at least 4 members (excludes halogenated alkanes) is 1. The van der Waals surface area contributed by atoms with E-state index in [-0.39, 0.29) is 11.5 Å². The van der Waals surface area contributed by atoms with Gasteiger partial charge in [-0.1, -0.05) is 25.5 Å². The maximum atomic E-state index is 12.2. The minimum absolute atomic E-state index is 0.0482. The molecule has 0 radical (unpaired) electrons. The molecule has 1 N–H and O–H groups in total. The zero-order valence-electron chi connectivity index (χ0n) is 12.6. The molecule has 2 aromatic rings. The second-order valence-electron chi connectivity index (χ2n) is 5.11. The second-order valence-corrected chi connectivity index (χ2v) is 5.11. The lowest BCUT2D eigenvalue weighted by molar-refractivity contribution is -0.121. The summed E-state index contributed by atoms with van der Waals surface area (Å²) >= 11 is 0. The molecule has 21 heavy (non-hydrogen) atoms. The molecule has 1 amide bonds.